The van der Waals surface area contributed by atoms with Crippen LogP contribution in [0.1, 0.15) is 35.3 Å². The zero-order valence-electron chi connectivity index (χ0n) is 16.6. The molecule has 0 aromatic carbocycles. The summed E-state index contributed by atoms with van der Waals surface area (Å²) in [6.45, 7) is 4.80. The van der Waals surface area contributed by atoms with Gasteiger partial charge in [0.2, 0.25) is 0 Å². The Hall–Kier alpha value is -1.67. The fraction of sp³-hybridized carbons (Fsp3) is 0.450. The Morgan fingerprint density at radius 1 is 1.41 bits per heavy atom. The minimum Gasteiger partial charge on any atom is -0.352 e. The largest absolute Gasteiger partial charge is 0.352 e. The number of aromatic nitrogens is 3. The summed E-state index contributed by atoms with van der Waals surface area (Å²) in [5, 5.41) is 13.9. The van der Waals surface area contributed by atoms with Crippen molar-refractivity contribution in [1.29, 1.82) is 0 Å². The number of nitrogens with zero attached hydrogens (tertiary/aromatic N) is 3. The van der Waals surface area contributed by atoms with Crippen molar-refractivity contribution in [3.63, 3.8) is 0 Å². The average molecular weight is 456 g/mol. The summed E-state index contributed by atoms with van der Waals surface area (Å²) in [7, 11) is 1.87. The molecule has 0 spiro atoms. The monoisotopic (exact) mass is 455 g/mol. The van der Waals surface area contributed by atoms with Crippen LogP contribution in [0.15, 0.2) is 23.6 Å². The van der Waals surface area contributed by atoms with Crippen molar-refractivity contribution in [2.45, 2.75) is 26.2 Å². The fourth-order valence-electron chi connectivity index (χ4n) is 3.83. The van der Waals surface area contributed by atoms with E-state index in [9.17, 15) is 4.79 Å². The second-order valence-corrected chi connectivity index (χ2v) is 8.14. The first-order valence-corrected chi connectivity index (χ1v) is 10.4. The predicted octanol–water partition coefficient (Wildman–Crippen LogP) is 3.97. The molecule has 3 aromatic heterocycles. The number of piperidine rings is 1. The number of nitrogens with one attached hydrogen (secondary N) is 2. The molecule has 3 aromatic rings. The predicted molar refractivity (Wildman–Crippen MR) is 124 cm³/mol. The summed E-state index contributed by atoms with van der Waals surface area (Å²) in [5.41, 5.74) is 3.07. The van der Waals surface area contributed by atoms with Crippen molar-refractivity contribution in [3.05, 3.63) is 34.8 Å². The van der Waals surface area contributed by atoms with Gasteiger partial charge in [0, 0.05) is 13.6 Å². The van der Waals surface area contributed by atoms with Gasteiger partial charge in [0.25, 0.3) is 5.91 Å². The van der Waals surface area contributed by atoms with E-state index >= 15 is 0 Å². The highest BCUT2D eigenvalue weighted by atomic mass is 35.5. The number of carbonyl (C=O) groups is 1. The van der Waals surface area contributed by atoms with Crippen molar-refractivity contribution < 1.29 is 4.79 Å². The SMILES string of the molecule is Cc1nn(C)c2nc(-c3cccs3)cc(C(=O)NCCC3CCCNC3)c12.Cl.Cl. The molecule has 4 rings (SSSR count). The molecule has 1 atom stereocenters. The van der Waals surface area contributed by atoms with Crippen LogP contribution >= 0.6 is 36.2 Å². The molecule has 2 N–H and O–H groups in total. The van der Waals surface area contributed by atoms with Crippen LogP contribution in [0, 0.1) is 12.8 Å². The average Bonchev–Trinajstić information content (AvgIpc) is 3.31. The lowest BCUT2D eigenvalue weighted by atomic mass is 9.96. The van der Waals surface area contributed by atoms with Crippen LogP contribution in [-0.2, 0) is 7.05 Å². The van der Waals surface area contributed by atoms with Gasteiger partial charge < -0.3 is 10.6 Å². The molecular weight excluding hydrogens is 429 g/mol. The number of pyridine rings is 1. The van der Waals surface area contributed by atoms with Gasteiger partial charge in [-0.3, -0.25) is 9.48 Å². The number of amides is 1. The van der Waals surface area contributed by atoms with Crippen molar-refractivity contribution in [1.82, 2.24) is 25.4 Å². The van der Waals surface area contributed by atoms with Gasteiger partial charge in [0.15, 0.2) is 5.65 Å². The molecule has 1 unspecified atom stereocenters. The van der Waals surface area contributed by atoms with Crippen LogP contribution in [0.25, 0.3) is 21.6 Å². The van der Waals surface area contributed by atoms with E-state index in [1.807, 2.05) is 37.6 Å². The number of carbonyl (C=O) groups excluding carboxylic acids is 1. The second kappa shape index (κ2) is 10.4. The molecule has 0 aliphatic carbocycles. The Morgan fingerprint density at radius 2 is 2.24 bits per heavy atom. The molecule has 29 heavy (non-hydrogen) atoms. The van der Waals surface area contributed by atoms with Gasteiger partial charge in [-0.05, 0) is 62.7 Å². The van der Waals surface area contributed by atoms with Crippen LogP contribution in [0.2, 0.25) is 0 Å². The number of hydrogen-bond donors (Lipinski definition) is 2. The standard InChI is InChI=1S/C20H25N5OS.2ClH/c1-13-18-15(20(26)22-9-7-14-5-3-8-21-12-14)11-16(17-6-4-10-27-17)23-19(18)25(2)24-13;;/h4,6,10-11,14,21H,3,5,7-9,12H2,1-2H3,(H,22,26);2*1H. The summed E-state index contributed by atoms with van der Waals surface area (Å²) in [4.78, 5) is 18.8. The van der Waals surface area contributed by atoms with Crippen molar-refractivity contribution in [2.24, 2.45) is 13.0 Å². The summed E-state index contributed by atoms with van der Waals surface area (Å²) in [6.07, 6.45) is 3.48. The third-order valence-electron chi connectivity index (χ3n) is 5.22. The van der Waals surface area contributed by atoms with E-state index in [1.165, 1.54) is 12.8 Å². The molecule has 0 radical (unpaired) electrons. The molecule has 1 amide bonds. The van der Waals surface area contributed by atoms with E-state index < -0.39 is 0 Å². The van der Waals surface area contributed by atoms with Gasteiger partial charge in [0.1, 0.15) is 0 Å². The van der Waals surface area contributed by atoms with Gasteiger partial charge in [-0.2, -0.15) is 5.10 Å². The maximum Gasteiger partial charge on any atom is 0.252 e. The molecule has 1 aliphatic rings. The number of fused-ring (bicyclic) bond motifs is 1. The molecule has 9 heteroatoms. The summed E-state index contributed by atoms with van der Waals surface area (Å²) < 4.78 is 1.76. The van der Waals surface area contributed by atoms with Gasteiger partial charge in [-0.1, -0.05) is 6.07 Å². The van der Waals surface area contributed by atoms with Crippen LogP contribution < -0.4 is 10.6 Å². The molecule has 0 saturated carbocycles. The minimum absolute atomic E-state index is 0. The summed E-state index contributed by atoms with van der Waals surface area (Å²) in [6, 6.07) is 5.93. The van der Waals surface area contributed by atoms with E-state index in [0.717, 1.165) is 46.8 Å². The zero-order chi connectivity index (χ0) is 18.8. The van der Waals surface area contributed by atoms with E-state index in [1.54, 1.807) is 16.0 Å². The topological polar surface area (TPSA) is 71.8 Å². The van der Waals surface area contributed by atoms with E-state index in [0.29, 0.717) is 18.0 Å². The van der Waals surface area contributed by atoms with Gasteiger partial charge in [0.05, 0.1) is 27.2 Å². The lowest BCUT2D eigenvalue weighted by Gasteiger charge is -2.22. The van der Waals surface area contributed by atoms with Gasteiger partial charge in [-0.15, -0.1) is 36.2 Å². The number of aryl methyl sites for hydroxylation is 2. The lowest BCUT2D eigenvalue weighted by Crippen LogP contribution is -2.33. The van der Waals surface area contributed by atoms with Crippen LogP contribution in [0.4, 0.5) is 0 Å². The normalized spacial score (nSPS) is 16.1. The molecule has 1 saturated heterocycles. The van der Waals surface area contributed by atoms with Crippen LogP contribution in [0.3, 0.4) is 0 Å². The highest BCUT2D eigenvalue weighted by molar-refractivity contribution is 7.13. The number of halogens is 2. The molecule has 1 aliphatic heterocycles. The van der Waals surface area contributed by atoms with Gasteiger partial charge >= 0.3 is 0 Å². The van der Waals surface area contributed by atoms with Crippen molar-refractivity contribution in [2.75, 3.05) is 19.6 Å². The molecule has 6 nitrogen and oxygen atoms in total. The molecule has 4 heterocycles. The highest BCUT2D eigenvalue weighted by Crippen LogP contribution is 2.29. The Kier molecular flexibility index (Phi) is 8.46. The Balaban J connectivity index is 0.00000150. The van der Waals surface area contributed by atoms with E-state index in [2.05, 4.69) is 15.7 Å². The zero-order valence-corrected chi connectivity index (χ0v) is 19.1. The lowest BCUT2D eigenvalue weighted by molar-refractivity contribution is 0.0952. The second-order valence-electron chi connectivity index (χ2n) is 7.20. The maximum atomic E-state index is 13.0. The first-order chi connectivity index (χ1) is 13.1. The number of rotatable bonds is 5. The summed E-state index contributed by atoms with van der Waals surface area (Å²) in [5.74, 6) is 0.610. The molecular formula is C20H27Cl2N5OS. The van der Waals surface area contributed by atoms with E-state index in [4.69, 9.17) is 4.98 Å². The Bertz CT molecular complexity index is 952. The Morgan fingerprint density at radius 3 is 2.93 bits per heavy atom. The molecule has 1 fully saturated rings. The minimum atomic E-state index is -0.0416. The van der Waals surface area contributed by atoms with Crippen molar-refractivity contribution in [3.8, 4) is 10.6 Å². The van der Waals surface area contributed by atoms with Crippen LogP contribution in [-0.4, -0.2) is 40.3 Å². The number of thiophene rings is 1. The third-order valence-corrected chi connectivity index (χ3v) is 6.12. The first-order valence-electron chi connectivity index (χ1n) is 9.50. The van der Waals surface area contributed by atoms with E-state index in [-0.39, 0.29) is 30.7 Å². The van der Waals surface area contributed by atoms with Gasteiger partial charge in [-0.25, -0.2) is 4.98 Å². The Labute approximate surface area is 187 Å². The van der Waals surface area contributed by atoms with Crippen LogP contribution in [0.5, 0.6) is 0 Å². The molecule has 158 valence electrons. The highest BCUT2D eigenvalue weighted by Gasteiger charge is 2.20. The quantitative estimate of drug-likeness (QED) is 0.610. The molecule has 0 bridgehead atoms. The maximum absolute atomic E-state index is 13.0. The summed E-state index contributed by atoms with van der Waals surface area (Å²) >= 11 is 1.62. The fourth-order valence-corrected chi connectivity index (χ4v) is 4.52. The smallest absolute Gasteiger partial charge is 0.252 e. The third kappa shape index (κ3) is 5.09. The first kappa shape index (κ1) is 23.6. The van der Waals surface area contributed by atoms with Crippen molar-refractivity contribution >= 4 is 53.1 Å². The number of hydrogen-bond acceptors (Lipinski definition) is 5.